The Morgan fingerprint density at radius 2 is 1.76 bits per heavy atom. The first-order valence-corrected chi connectivity index (χ1v) is 5.51. The van der Waals surface area contributed by atoms with E-state index in [4.69, 9.17) is 11.6 Å². The van der Waals surface area contributed by atoms with Crippen molar-refractivity contribution in [1.29, 1.82) is 0 Å². The van der Waals surface area contributed by atoms with Crippen molar-refractivity contribution >= 4 is 17.9 Å². The van der Waals surface area contributed by atoms with Gasteiger partial charge >= 0.3 is 0 Å². The SMILES string of the molecule is Cc1cc(-c2ccc(Cl)c(C=O)c2)ccc1F. The largest absolute Gasteiger partial charge is 0.298 e. The maximum absolute atomic E-state index is 13.1. The summed E-state index contributed by atoms with van der Waals surface area (Å²) in [5.74, 6) is -0.238. The van der Waals surface area contributed by atoms with Crippen LogP contribution in [0.3, 0.4) is 0 Å². The van der Waals surface area contributed by atoms with E-state index in [9.17, 15) is 9.18 Å². The number of aldehydes is 1. The molecule has 0 aromatic heterocycles. The Kier molecular flexibility index (Phi) is 3.25. The van der Waals surface area contributed by atoms with Gasteiger partial charge in [-0.25, -0.2) is 4.39 Å². The van der Waals surface area contributed by atoms with Crippen LogP contribution in [0.4, 0.5) is 4.39 Å². The summed E-state index contributed by atoms with van der Waals surface area (Å²) >= 11 is 5.85. The molecule has 0 aliphatic heterocycles. The molecule has 0 fully saturated rings. The van der Waals surface area contributed by atoms with Crippen molar-refractivity contribution in [3.05, 3.63) is 58.4 Å². The van der Waals surface area contributed by atoms with E-state index in [0.29, 0.717) is 22.4 Å². The summed E-state index contributed by atoms with van der Waals surface area (Å²) in [6, 6.07) is 10.0. The number of aryl methyl sites for hydroxylation is 1. The van der Waals surface area contributed by atoms with Gasteiger partial charge in [-0.2, -0.15) is 0 Å². The summed E-state index contributed by atoms with van der Waals surface area (Å²) in [5, 5.41) is 0.419. The predicted molar refractivity (Wildman–Crippen MR) is 67.0 cm³/mol. The monoisotopic (exact) mass is 248 g/mol. The van der Waals surface area contributed by atoms with Crippen molar-refractivity contribution in [2.24, 2.45) is 0 Å². The molecule has 1 nitrogen and oxygen atoms in total. The Morgan fingerprint density at radius 1 is 1.12 bits per heavy atom. The third-order valence-electron chi connectivity index (χ3n) is 2.61. The van der Waals surface area contributed by atoms with Gasteiger partial charge in [0, 0.05) is 5.56 Å². The van der Waals surface area contributed by atoms with Crippen LogP contribution in [0, 0.1) is 12.7 Å². The molecule has 17 heavy (non-hydrogen) atoms. The van der Waals surface area contributed by atoms with E-state index < -0.39 is 0 Å². The quantitative estimate of drug-likeness (QED) is 0.726. The molecule has 2 rings (SSSR count). The second kappa shape index (κ2) is 4.68. The molecule has 0 N–H and O–H groups in total. The van der Waals surface area contributed by atoms with E-state index >= 15 is 0 Å². The minimum atomic E-state index is -0.238. The molecular weight excluding hydrogens is 239 g/mol. The first-order chi connectivity index (χ1) is 8.11. The summed E-state index contributed by atoms with van der Waals surface area (Å²) in [4.78, 5) is 10.8. The van der Waals surface area contributed by atoms with Crippen molar-refractivity contribution in [2.75, 3.05) is 0 Å². The van der Waals surface area contributed by atoms with E-state index in [-0.39, 0.29) is 5.82 Å². The normalized spacial score (nSPS) is 10.3. The fraction of sp³-hybridized carbons (Fsp3) is 0.0714. The molecule has 0 saturated heterocycles. The van der Waals surface area contributed by atoms with E-state index in [1.807, 2.05) is 6.07 Å². The van der Waals surface area contributed by atoms with Crippen molar-refractivity contribution in [1.82, 2.24) is 0 Å². The Balaban J connectivity index is 2.52. The molecule has 86 valence electrons. The second-order valence-corrected chi connectivity index (χ2v) is 4.23. The van der Waals surface area contributed by atoms with Crippen LogP contribution in [0.5, 0.6) is 0 Å². The van der Waals surface area contributed by atoms with E-state index in [2.05, 4.69) is 0 Å². The van der Waals surface area contributed by atoms with Gasteiger partial charge in [0.25, 0.3) is 0 Å². The highest BCUT2D eigenvalue weighted by Crippen LogP contribution is 2.25. The maximum Gasteiger partial charge on any atom is 0.151 e. The van der Waals surface area contributed by atoms with Gasteiger partial charge in [0.15, 0.2) is 6.29 Å². The fourth-order valence-electron chi connectivity index (χ4n) is 1.64. The number of carbonyl (C=O) groups is 1. The standard InChI is InChI=1S/C14H10ClFO/c1-9-6-10(3-5-14(9)16)11-2-4-13(15)12(7-11)8-17/h2-8H,1H3. The topological polar surface area (TPSA) is 17.1 Å². The molecule has 3 heteroatoms. The van der Waals surface area contributed by atoms with Crippen LogP contribution in [-0.4, -0.2) is 6.29 Å². The Labute approximate surface area is 104 Å². The van der Waals surface area contributed by atoms with Gasteiger partial charge in [0.1, 0.15) is 5.82 Å². The van der Waals surface area contributed by atoms with Crippen molar-refractivity contribution < 1.29 is 9.18 Å². The van der Waals surface area contributed by atoms with Gasteiger partial charge in [-0.15, -0.1) is 0 Å². The molecule has 2 aromatic carbocycles. The summed E-state index contributed by atoms with van der Waals surface area (Å²) < 4.78 is 13.1. The molecule has 0 heterocycles. The zero-order valence-electron chi connectivity index (χ0n) is 9.21. The van der Waals surface area contributed by atoms with Crippen molar-refractivity contribution in [2.45, 2.75) is 6.92 Å². The Bertz CT molecular complexity index is 578. The zero-order valence-corrected chi connectivity index (χ0v) is 9.96. The minimum absolute atomic E-state index is 0.238. The number of benzene rings is 2. The zero-order chi connectivity index (χ0) is 12.4. The third kappa shape index (κ3) is 2.37. The molecule has 0 amide bonds. The first kappa shape index (κ1) is 11.8. The number of rotatable bonds is 2. The lowest BCUT2D eigenvalue weighted by atomic mass is 10.0. The van der Waals surface area contributed by atoms with Crippen molar-refractivity contribution in [3.63, 3.8) is 0 Å². The second-order valence-electron chi connectivity index (χ2n) is 3.82. The van der Waals surface area contributed by atoms with E-state index in [1.165, 1.54) is 6.07 Å². The van der Waals surface area contributed by atoms with Gasteiger partial charge in [-0.05, 0) is 47.9 Å². The molecule has 2 aromatic rings. The fourth-order valence-corrected chi connectivity index (χ4v) is 1.80. The average Bonchev–Trinajstić information content (AvgIpc) is 2.33. The minimum Gasteiger partial charge on any atom is -0.298 e. The van der Waals surface area contributed by atoms with E-state index in [0.717, 1.165) is 11.1 Å². The smallest absolute Gasteiger partial charge is 0.151 e. The van der Waals surface area contributed by atoms with Gasteiger partial charge in [0.2, 0.25) is 0 Å². The number of halogens is 2. The number of hydrogen-bond donors (Lipinski definition) is 0. The molecule has 0 aliphatic carbocycles. The lowest BCUT2D eigenvalue weighted by molar-refractivity contribution is 0.112. The highest BCUT2D eigenvalue weighted by Gasteiger charge is 2.05. The van der Waals surface area contributed by atoms with Crippen molar-refractivity contribution in [3.8, 4) is 11.1 Å². The summed E-state index contributed by atoms with van der Waals surface area (Å²) in [6.07, 6.45) is 0.711. The molecule has 0 saturated carbocycles. The molecule has 0 radical (unpaired) electrons. The molecule has 0 atom stereocenters. The lowest BCUT2D eigenvalue weighted by Crippen LogP contribution is -1.87. The van der Waals surface area contributed by atoms with Gasteiger partial charge in [0.05, 0.1) is 5.02 Å². The molecule has 0 spiro atoms. The van der Waals surface area contributed by atoms with Gasteiger partial charge < -0.3 is 0 Å². The van der Waals surface area contributed by atoms with Crippen LogP contribution >= 0.6 is 11.6 Å². The summed E-state index contributed by atoms with van der Waals surface area (Å²) in [7, 11) is 0. The van der Waals surface area contributed by atoms with Gasteiger partial charge in [-0.3, -0.25) is 4.79 Å². The summed E-state index contributed by atoms with van der Waals surface area (Å²) in [5.41, 5.74) is 2.72. The highest BCUT2D eigenvalue weighted by molar-refractivity contribution is 6.33. The lowest BCUT2D eigenvalue weighted by Gasteiger charge is -2.05. The number of carbonyl (C=O) groups excluding carboxylic acids is 1. The summed E-state index contributed by atoms with van der Waals surface area (Å²) in [6.45, 7) is 1.70. The van der Waals surface area contributed by atoms with Crippen LogP contribution in [0.25, 0.3) is 11.1 Å². The third-order valence-corrected chi connectivity index (χ3v) is 2.96. The molecule has 0 aliphatic rings. The first-order valence-electron chi connectivity index (χ1n) is 5.13. The Morgan fingerprint density at radius 3 is 2.41 bits per heavy atom. The molecule has 0 bridgehead atoms. The van der Waals surface area contributed by atoms with Crippen LogP contribution in [0.1, 0.15) is 15.9 Å². The number of hydrogen-bond acceptors (Lipinski definition) is 1. The predicted octanol–water partition coefficient (Wildman–Crippen LogP) is 4.27. The maximum atomic E-state index is 13.1. The molecular formula is C14H10ClFO. The highest BCUT2D eigenvalue weighted by atomic mass is 35.5. The molecule has 0 unspecified atom stereocenters. The van der Waals surface area contributed by atoms with Crippen LogP contribution in [0.2, 0.25) is 5.02 Å². The van der Waals surface area contributed by atoms with E-state index in [1.54, 1.807) is 31.2 Å². The van der Waals surface area contributed by atoms with Crippen LogP contribution in [-0.2, 0) is 0 Å². The Hall–Kier alpha value is -1.67. The average molecular weight is 249 g/mol. The van der Waals surface area contributed by atoms with Crippen LogP contribution < -0.4 is 0 Å². The van der Waals surface area contributed by atoms with Crippen LogP contribution in [0.15, 0.2) is 36.4 Å². The van der Waals surface area contributed by atoms with Gasteiger partial charge in [-0.1, -0.05) is 23.7 Å².